The summed E-state index contributed by atoms with van der Waals surface area (Å²) in [4.78, 5) is 18.4. The summed E-state index contributed by atoms with van der Waals surface area (Å²) in [7, 11) is 0. The molecule has 0 bridgehead atoms. The van der Waals surface area contributed by atoms with Crippen molar-refractivity contribution in [2.24, 2.45) is 11.7 Å². The minimum atomic E-state index is -4.47. The van der Waals surface area contributed by atoms with Crippen molar-refractivity contribution in [1.29, 1.82) is 0 Å². The van der Waals surface area contributed by atoms with Gasteiger partial charge in [-0.25, -0.2) is 4.98 Å². The van der Waals surface area contributed by atoms with E-state index in [0.29, 0.717) is 34.5 Å². The first-order valence-electron chi connectivity index (χ1n) is 8.87. The second kappa shape index (κ2) is 7.63. The van der Waals surface area contributed by atoms with Crippen LogP contribution in [-0.2, 0) is 11.0 Å². The van der Waals surface area contributed by atoms with E-state index < -0.39 is 17.9 Å². The van der Waals surface area contributed by atoms with Gasteiger partial charge in [-0.3, -0.25) is 4.79 Å². The van der Waals surface area contributed by atoms with Crippen molar-refractivity contribution in [3.05, 3.63) is 48.3 Å². The number of benzene rings is 1. The van der Waals surface area contributed by atoms with E-state index in [0.717, 1.165) is 6.07 Å². The number of fused-ring (bicyclic) bond motifs is 1. The third kappa shape index (κ3) is 4.33. The van der Waals surface area contributed by atoms with E-state index in [1.807, 2.05) is 13.8 Å². The number of H-pyrrole nitrogens is 1. The molecule has 0 fully saturated rings. The number of nitrogens with two attached hydrogens (primary N) is 1. The van der Waals surface area contributed by atoms with Gasteiger partial charge >= 0.3 is 6.18 Å². The van der Waals surface area contributed by atoms with Gasteiger partial charge in [-0.05, 0) is 47.7 Å². The van der Waals surface area contributed by atoms with Crippen molar-refractivity contribution in [2.75, 3.05) is 5.32 Å². The fourth-order valence-corrected chi connectivity index (χ4v) is 3.01. The van der Waals surface area contributed by atoms with Crippen molar-refractivity contribution < 1.29 is 18.0 Å². The van der Waals surface area contributed by atoms with Gasteiger partial charge in [0.1, 0.15) is 11.3 Å². The van der Waals surface area contributed by atoms with Crippen LogP contribution < -0.4 is 11.1 Å². The van der Waals surface area contributed by atoms with Gasteiger partial charge in [0.05, 0.1) is 6.04 Å². The zero-order valence-electron chi connectivity index (χ0n) is 15.5. The van der Waals surface area contributed by atoms with Crippen molar-refractivity contribution >= 4 is 22.6 Å². The molecule has 8 heteroatoms. The predicted octanol–water partition coefficient (Wildman–Crippen LogP) is 4.56. The first-order valence-corrected chi connectivity index (χ1v) is 8.87. The Morgan fingerprint density at radius 1 is 1.21 bits per heavy atom. The van der Waals surface area contributed by atoms with Gasteiger partial charge in [-0.1, -0.05) is 26.0 Å². The van der Waals surface area contributed by atoms with E-state index in [-0.39, 0.29) is 11.6 Å². The van der Waals surface area contributed by atoms with Gasteiger partial charge in [0.25, 0.3) is 0 Å². The van der Waals surface area contributed by atoms with Gasteiger partial charge in [-0.2, -0.15) is 13.2 Å². The fraction of sp³-hybridized carbons (Fsp3) is 0.300. The fourth-order valence-electron chi connectivity index (χ4n) is 3.01. The van der Waals surface area contributed by atoms with Crippen LogP contribution in [0.5, 0.6) is 0 Å². The smallest absolute Gasteiger partial charge is 0.336 e. The van der Waals surface area contributed by atoms with Gasteiger partial charge in [0, 0.05) is 17.3 Å². The largest absolute Gasteiger partial charge is 0.431 e. The lowest BCUT2D eigenvalue weighted by Crippen LogP contribution is -2.36. The van der Waals surface area contributed by atoms with Crippen LogP contribution in [0.1, 0.15) is 26.0 Å². The lowest BCUT2D eigenvalue weighted by Gasteiger charge is -2.14. The number of nitrogens with zero attached hydrogens (tertiary/aromatic N) is 1. The topological polar surface area (TPSA) is 83.8 Å². The van der Waals surface area contributed by atoms with E-state index in [9.17, 15) is 18.0 Å². The molecule has 1 atom stereocenters. The van der Waals surface area contributed by atoms with Crippen LogP contribution in [0, 0.1) is 5.92 Å². The molecule has 1 amide bonds. The van der Waals surface area contributed by atoms with Crippen LogP contribution in [0.25, 0.3) is 22.2 Å². The van der Waals surface area contributed by atoms with Crippen molar-refractivity contribution in [1.82, 2.24) is 9.97 Å². The van der Waals surface area contributed by atoms with Gasteiger partial charge in [0.15, 0.2) is 0 Å². The molecule has 0 saturated carbocycles. The Morgan fingerprint density at radius 2 is 1.89 bits per heavy atom. The molecule has 3 aromatic rings. The molecule has 5 nitrogen and oxygen atoms in total. The average Bonchev–Trinajstić information content (AvgIpc) is 3.06. The Kier molecular flexibility index (Phi) is 5.42. The molecule has 0 radical (unpaired) electrons. The number of aromatic nitrogens is 2. The monoisotopic (exact) mass is 390 g/mol. The summed E-state index contributed by atoms with van der Waals surface area (Å²) in [6.07, 6.45) is -2.44. The molecule has 0 aliphatic heterocycles. The Labute approximate surface area is 160 Å². The summed E-state index contributed by atoms with van der Waals surface area (Å²) in [6, 6.07) is 8.97. The molecule has 2 heterocycles. The Hall–Kier alpha value is -2.87. The van der Waals surface area contributed by atoms with E-state index in [4.69, 9.17) is 5.73 Å². The number of hydrogen-bond donors (Lipinski definition) is 3. The second-order valence-electron chi connectivity index (χ2n) is 7.10. The standard InChI is InChI=1S/C20H21F3N4O/c1-11(2)9-16(24)19(28)26-13-5-3-12(4-6-13)14-7-8-25-18-15(14)10-17(27-18)20(21,22)23/h3-8,10-11,16H,9,24H2,1-2H3,(H,25,27)(H,26,28)/t16-/m1/s1. The molecule has 28 heavy (non-hydrogen) atoms. The number of anilines is 1. The number of aromatic amines is 1. The Morgan fingerprint density at radius 3 is 2.50 bits per heavy atom. The highest BCUT2D eigenvalue weighted by atomic mass is 19.4. The highest BCUT2D eigenvalue weighted by Gasteiger charge is 2.33. The minimum Gasteiger partial charge on any atom is -0.336 e. The van der Waals surface area contributed by atoms with Crippen LogP contribution in [0.2, 0.25) is 0 Å². The maximum atomic E-state index is 13.0. The Bertz CT molecular complexity index is 977. The first-order chi connectivity index (χ1) is 13.1. The van der Waals surface area contributed by atoms with Crippen LogP contribution in [0.15, 0.2) is 42.6 Å². The highest BCUT2D eigenvalue weighted by molar-refractivity contribution is 5.96. The molecule has 3 rings (SSSR count). The minimum absolute atomic E-state index is 0.168. The van der Waals surface area contributed by atoms with E-state index in [2.05, 4.69) is 15.3 Å². The molecular formula is C20H21F3N4O. The molecule has 0 aliphatic rings. The van der Waals surface area contributed by atoms with Crippen molar-refractivity contribution in [2.45, 2.75) is 32.5 Å². The van der Waals surface area contributed by atoms with Gasteiger partial charge in [-0.15, -0.1) is 0 Å². The number of pyridine rings is 1. The summed E-state index contributed by atoms with van der Waals surface area (Å²) >= 11 is 0. The maximum absolute atomic E-state index is 13.0. The molecule has 0 saturated heterocycles. The van der Waals surface area contributed by atoms with Crippen molar-refractivity contribution in [3.63, 3.8) is 0 Å². The van der Waals surface area contributed by atoms with Crippen LogP contribution in [-0.4, -0.2) is 21.9 Å². The predicted molar refractivity (Wildman–Crippen MR) is 103 cm³/mol. The lowest BCUT2D eigenvalue weighted by atomic mass is 10.0. The third-order valence-electron chi connectivity index (χ3n) is 4.36. The van der Waals surface area contributed by atoms with Crippen LogP contribution in [0.3, 0.4) is 0 Å². The summed E-state index contributed by atoms with van der Waals surface area (Å²) in [5, 5.41) is 3.14. The van der Waals surface area contributed by atoms with Crippen LogP contribution >= 0.6 is 0 Å². The molecule has 1 aromatic carbocycles. The number of carbonyl (C=O) groups excluding carboxylic acids is 1. The summed E-state index contributed by atoms with van der Waals surface area (Å²) in [5.41, 5.74) is 7.10. The van der Waals surface area contributed by atoms with E-state index >= 15 is 0 Å². The molecular weight excluding hydrogens is 369 g/mol. The highest BCUT2D eigenvalue weighted by Crippen LogP contribution is 2.34. The molecule has 148 valence electrons. The second-order valence-corrected chi connectivity index (χ2v) is 7.10. The molecule has 0 aliphatic carbocycles. The number of carbonyl (C=O) groups is 1. The molecule has 4 N–H and O–H groups in total. The lowest BCUT2D eigenvalue weighted by molar-refractivity contribution is -0.140. The van der Waals surface area contributed by atoms with Gasteiger partial charge < -0.3 is 16.0 Å². The quantitative estimate of drug-likeness (QED) is 0.597. The average molecular weight is 390 g/mol. The number of halogens is 3. The zero-order valence-corrected chi connectivity index (χ0v) is 15.5. The van der Waals surface area contributed by atoms with E-state index in [1.54, 1.807) is 30.3 Å². The molecule has 2 aromatic heterocycles. The number of amides is 1. The SMILES string of the molecule is CC(C)C[C@@H](N)C(=O)Nc1ccc(-c2ccnc3[nH]c(C(F)(F)F)cc23)cc1. The number of rotatable bonds is 5. The van der Waals surface area contributed by atoms with Crippen molar-refractivity contribution in [3.8, 4) is 11.1 Å². The van der Waals surface area contributed by atoms with E-state index in [1.165, 1.54) is 6.20 Å². The molecule has 0 unspecified atom stereocenters. The maximum Gasteiger partial charge on any atom is 0.431 e. The zero-order chi connectivity index (χ0) is 20.5. The number of nitrogens with one attached hydrogen (secondary N) is 2. The summed E-state index contributed by atoms with van der Waals surface area (Å²) < 4.78 is 38.9. The number of alkyl halides is 3. The first kappa shape index (κ1) is 19.9. The third-order valence-corrected chi connectivity index (χ3v) is 4.36. The summed E-state index contributed by atoms with van der Waals surface area (Å²) in [6.45, 7) is 3.98. The van der Waals surface area contributed by atoms with Crippen LogP contribution in [0.4, 0.5) is 18.9 Å². The number of hydrogen-bond acceptors (Lipinski definition) is 3. The normalized spacial score (nSPS) is 13.1. The summed E-state index contributed by atoms with van der Waals surface area (Å²) in [5.74, 6) is 0.0355. The molecule has 0 spiro atoms. The van der Waals surface area contributed by atoms with Gasteiger partial charge in [0.2, 0.25) is 5.91 Å². The Balaban J connectivity index is 1.84.